The van der Waals surface area contributed by atoms with Crippen LogP contribution in [0.5, 0.6) is 0 Å². The molecular weight excluding hydrogens is 463 g/mol. The van der Waals surface area contributed by atoms with E-state index in [-0.39, 0.29) is 49.3 Å². The zero-order valence-corrected chi connectivity index (χ0v) is 21.3. The number of hydrogen-bond donors (Lipinski definition) is 4. The van der Waals surface area contributed by atoms with Crippen molar-refractivity contribution in [2.24, 2.45) is 11.8 Å². The van der Waals surface area contributed by atoms with Gasteiger partial charge in [0.1, 0.15) is 6.10 Å². The third-order valence-corrected chi connectivity index (χ3v) is 7.09. The van der Waals surface area contributed by atoms with E-state index in [9.17, 15) is 24.9 Å². The van der Waals surface area contributed by atoms with E-state index in [0.717, 1.165) is 32.1 Å². The van der Waals surface area contributed by atoms with Gasteiger partial charge in [0.15, 0.2) is 0 Å². The van der Waals surface area contributed by atoms with Gasteiger partial charge in [-0.2, -0.15) is 0 Å². The van der Waals surface area contributed by atoms with E-state index in [2.05, 4.69) is 0 Å². The first-order valence-corrected chi connectivity index (χ1v) is 13.0. The van der Waals surface area contributed by atoms with Crippen LogP contribution in [-0.4, -0.2) is 101 Å². The summed E-state index contributed by atoms with van der Waals surface area (Å²) in [5.41, 5.74) is 0.708. The predicted octanol–water partition coefficient (Wildman–Crippen LogP) is 1.94. The van der Waals surface area contributed by atoms with Crippen molar-refractivity contribution < 1.29 is 44.2 Å². The van der Waals surface area contributed by atoms with E-state index >= 15 is 0 Å². The van der Waals surface area contributed by atoms with Crippen LogP contribution in [0.3, 0.4) is 0 Å². The van der Waals surface area contributed by atoms with Gasteiger partial charge < -0.3 is 34.6 Å². The van der Waals surface area contributed by atoms with Crippen molar-refractivity contribution in [2.45, 2.75) is 115 Å². The fourth-order valence-electron chi connectivity index (χ4n) is 4.59. The number of aliphatic carboxylic acids is 1. The summed E-state index contributed by atoms with van der Waals surface area (Å²) in [6, 6.07) is 0. The molecular formula is C26H45LiO9. The van der Waals surface area contributed by atoms with Crippen LogP contribution in [0.4, 0.5) is 0 Å². The van der Waals surface area contributed by atoms with Gasteiger partial charge in [-0.15, -0.1) is 0 Å². The van der Waals surface area contributed by atoms with E-state index in [0.29, 0.717) is 38.0 Å². The summed E-state index contributed by atoms with van der Waals surface area (Å²) in [6.45, 7) is 6.07. The molecule has 2 rings (SSSR count). The van der Waals surface area contributed by atoms with Crippen LogP contribution in [0.15, 0.2) is 11.6 Å². The average molecular weight is 509 g/mol. The van der Waals surface area contributed by atoms with Gasteiger partial charge in [0.2, 0.25) is 0 Å². The van der Waals surface area contributed by atoms with Gasteiger partial charge in [0.25, 0.3) is 0 Å². The van der Waals surface area contributed by atoms with Crippen molar-refractivity contribution >= 4 is 30.8 Å². The fraction of sp³-hybridized carbons (Fsp3) is 0.846. The molecule has 0 bridgehead atoms. The Morgan fingerprint density at radius 1 is 1.03 bits per heavy atom. The first kappa shape index (κ1) is 33.1. The maximum atomic E-state index is 12.1. The number of carbonyl (C=O) groups excluding carboxylic acids is 1. The van der Waals surface area contributed by atoms with E-state index < -0.39 is 36.4 Å². The fourth-order valence-corrected chi connectivity index (χ4v) is 4.59. The number of hydrogen-bond acceptors (Lipinski definition) is 8. The minimum atomic E-state index is -1.06. The number of rotatable bonds is 16. The number of ether oxygens (including phenoxy) is 3. The first-order chi connectivity index (χ1) is 16.6. The Labute approximate surface area is 226 Å². The molecule has 4 N–H and O–H groups in total. The van der Waals surface area contributed by atoms with Gasteiger partial charge in [0, 0.05) is 24.3 Å². The number of aliphatic hydroxyl groups is 3. The van der Waals surface area contributed by atoms with Crippen LogP contribution in [0.1, 0.15) is 78.6 Å². The number of carboxylic acid groups (broad SMARTS) is 1. The Hall–Kier alpha value is -0.923. The van der Waals surface area contributed by atoms with Crippen LogP contribution in [-0.2, 0) is 23.8 Å². The van der Waals surface area contributed by atoms with Gasteiger partial charge in [-0.3, -0.25) is 4.79 Å². The zero-order chi connectivity index (χ0) is 26.0. The van der Waals surface area contributed by atoms with Crippen molar-refractivity contribution in [1.29, 1.82) is 0 Å². The predicted molar refractivity (Wildman–Crippen MR) is 136 cm³/mol. The second-order valence-electron chi connectivity index (χ2n) is 10.2. The number of carboxylic acids is 1. The van der Waals surface area contributed by atoms with Crippen molar-refractivity contribution in [1.82, 2.24) is 0 Å². The number of epoxide rings is 1. The number of esters is 1. The molecule has 9 nitrogen and oxygen atoms in total. The third kappa shape index (κ3) is 11.6. The summed E-state index contributed by atoms with van der Waals surface area (Å²) in [4.78, 5) is 22.5. The van der Waals surface area contributed by atoms with Crippen molar-refractivity contribution in [2.75, 3.05) is 13.2 Å². The Kier molecular flexibility index (Phi) is 15.5. The van der Waals surface area contributed by atoms with Crippen LogP contribution in [0.25, 0.3) is 0 Å². The van der Waals surface area contributed by atoms with Crippen molar-refractivity contribution in [3.8, 4) is 0 Å². The van der Waals surface area contributed by atoms with Crippen LogP contribution in [0, 0.1) is 11.8 Å². The van der Waals surface area contributed by atoms with Gasteiger partial charge in [0.05, 0.1) is 43.7 Å². The van der Waals surface area contributed by atoms with Crippen molar-refractivity contribution in [3.05, 3.63) is 11.6 Å². The topological polar surface area (TPSA) is 146 Å². The zero-order valence-electron chi connectivity index (χ0n) is 21.3. The van der Waals surface area contributed by atoms with E-state index in [1.54, 1.807) is 13.8 Å². The molecule has 0 aliphatic carbocycles. The summed E-state index contributed by atoms with van der Waals surface area (Å²) in [6.07, 6.45) is 4.61. The average Bonchev–Trinajstić information content (AvgIpc) is 3.55. The minimum absolute atomic E-state index is 0. The van der Waals surface area contributed by atoms with Crippen LogP contribution in [0.2, 0.25) is 0 Å². The van der Waals surface area contributed by atoms with Gasteiger partial charge in [-0.25, -0.2) is 4.79 Å². The van der Waals surface area contributed by atoms with E-state index in [1.807, 2.05) is 6.92 Å². The molecule has 0 amide bonds. The summed E-state index contributed by atoms with van der Waals surface area (Å²) >= 11 is 0. The Morgan fingerprint density at radius 2 is 1.67 bits per heavy atom. The monoisotopic (exact) mass is 508 g/mol. The normalized spacial score (nSPS) is 29.7. The molecule has 2 aliphatic rings. The van der Waals surface area contributed by atoms with E-state index in [1.165, 1.54) is 6.08 Å². The summed E-state index contributed by atoms with van der Waals surface area (Å²) < 4.78 is 16.7. The second kappa shape index (κ2) is 16.8. The first-order valence-electron chi connectivity index (χ1n) is 13.0. The Bertz CT molecular complexity index is 699. The quantitative estimate of drug-likeness (QED) is 0.0808. The number of aliphatic hydroxyl groups excluding tert-OH is 3. The molecule has 2 aliphatic heterocycles. The van der Waals surface area contributed by atoms with Gasteiger partial charge in [-0.05, 0) is 39.5 Å². The standard InChI is InChI=1S/C26H44O9.Li.H/c1-16(13-23(30)33-11-9-7-5-4-6-8-10-22(28)29)12-20-25(32)24(31)19(15-34-20)14-21-26(35-21)17(2)18(3)27;;/h13,17-21,24-27,31-32H,4-12,14-15H2,1-3H3,(H,28,29);;/b16-13+;;/t17-,18-,19-,20-,21-,24+,25-,26-;;/m0../s1. The molecule has 10 heteroatoms. The van der Waals surface area contributed by atoms with Crippen molar-refractivity contribution in [3.63, 3.8) is 0 Å². The molecule has 8 atom stereocenters. The van der Waals surface area contributed by atoms with Crippen LogP contribution >= 0.6 is 0 Å². The molecule has 2 saturated heterocycles. The molecule has 0 saturated carbocycles. The third-order valence-electron chi connectivity index (χ3n) is 7.09. The summed E-state index contributed by atoms with van der Waals surface area (Å²) in [7, 11) is 0. The number of unbranched alkanes of at least 4 members (excludes halogenated alkanes) is 5. The molecule has 0 unspecified atom stereocenters. The molecule has 204 valence electrons. The molecule has 36 heavy (non-hydrogen) atoms. The van der Waals surface area contributed by atoms with Gasteiger partial charge >= 0.3 is 30.8 Å². The maximum absolute atomic E-state index is 12.1. The summed E-state index contributed by atoms with van der Waals surface area (Å²) in [5, 5.41) is 39.5. The molecule has 0 spiro atoms. The molecule has 0 radical (unpaired) electrons. The number of carbonyl (C=O) groups is 2. The van der Waals surface area contributed by atoms with Crippen LogP contribution < -0.4 is 0 Å². The summed E-state index contributed by atoms with van der Waals surface area (Å²) in [5.74, 6) is -1.42. The molecule has 2 fully saturated rings. The SMILES string of the molecule is C/C(=C\C(=O)OCCCCCCCCC(=O)O)C[C@@H]1OC[C@H](C[C@@H]2O[C@H]2[C@@H](C)[C@H](C)O)[C@@H](O)[C@H]1O.[LiH]. The Balaban J connectivity index is 0.00000648. The molecule has 2 heterocycles. The molecule has 0 aromatic heterocycles. The second-order valence-corrected chi connectivity index (χ2v) is 10.2. The van der Waals surface area contributed by atoms with E-state index in [4.69, 9.17) is 19.3 Å². The Morgan fingerprint density at radius 3 is 2.31 bits per heavy atom. The van der Waals surface area contributed by atoms with Gasteiger partial charge in [-0.1, -0.05) is 38.2 Å². The molecule has 0 aromatic rings. The molecule has 0 aromatic carbocycles.